The average molecular weight is 149 g/mol. The summed E-state index contributed by atoms with van der Waals surface area (Å²) >= 11 is 0. The quantitative estimate of drug-likeness (QED) is 0.612. The summed E-state index contributed by atoms with van der Waals surface area (Å²) in [5.41, 5.74) is 2.65. The molecule has 0 amide bonds. The van der Waals surface area contributed by atoms with Crippen LogP contribution in [0.3, 0.4) is 0 Å². The summed E-state index contributed by atoms with van der Waals surface area (Å²) in [6.45, 7) is 4.25. The molecule has 2 N–H and O–H groups in total. The van der Waals surface area contributed by atoms with E-state index in [0.29, 0.717) is 6.04 Å². The molecule has 0 aliphatic heterocycles. The van der Waals surface area contributed by atoms with Crippen LogP contribution in [0.2, 0.25) is 0 Å². The summed E-state index contributed by atoms with van der Waals surface area (Å²) in [6.07, 6.45) is 0. The van der Waals surface area contributed by atoms with Gasteiger partial charge in [0.2, 0.25) is 0 Å². The van der Waals surface area contributed by atoms with Crippen LogP contribution >= 0.6 is 0 Å². The lowest BCUT2D eigenvalue weighted by molar-refractivity contribution is -0.637. The van der Waals surface area contributed by atoms with Crippen molar-refractivity contribution < 1.29 is 5.32 Å². The van der Waals surface area contributed by atoms with Gasteiger partial charge in [0.05, 0.1) is 6.04 Å². The summed E-state index contributed by atoms with van der Waals surface area (Å²) in [5.74, 6) is 0. The first kappa shape index (κ1) is 8.28. The van der Waals surface area contributed by atoms with Crippen molar-refractivity contribution in [1.29, 1.82) is 0 Å². The predicted molar refractivity (Wildman–Crippen MR) is 46.9 cm³/mol. The molecule has 0 saturated carbocycles. The molecule has 0 bridgehead atoms. The molecule has 1 aromatic rings. The highest BCUT2D eigenvalue weighted by Gasteiger charge is 2.00. The van der Waals surface area contributed by atoms with Gasteiger partial charge >= 0.3 is 0 Å². The number of aryl methyl sites for hydroxylation is 1. The summed E-state index contributed by atoms with van der Waals surface area (Å²) in [6, 6.07) is 9.05. The van der Waals surface area contributed by atoms with Crippen LogP contribution in [0.15, 0.2) is 24.3 Å². The third kappa shape index (κ3) is 2.05. The molecular weight excluding hydrogens is 134 g/mol. The molecule has 0 aromatic heterocycles. The van der Waals surface area contributed by atoms with E-state index in [1.54, 1.807) is 0 Å². The molecule has 1 heteroatoms. The van der Waals surface area contributed by atoms with Crippen LogP contribution in [-0.2, 0) is 0 Å². The minimum absolute atomic E-state index is 0.468. The Labute approximate surface area is 68.4 Å². The monoisotopic (exact) mass is 149 g/mol. The Bertz CT molecular complexity index is 213. The Balaban J connectivity index is 2.81. The van der Waals surface area contributed by atoms with E-state index in [4.69, 9.17) is 0 Å². The normalized spacial score (nSPS) is 13.0. The van der Waals surface area contributed by atoms with E-state index in [2.05, 4.69) is 45.2 Å². The summed E-state index contributed by atoms with van der Waals surface area (Å²) in [4.78, 5) is 0. The molecule has 11 heavy (non-hydrogen) atoms. The molecule has 0 fully saturated rings. The van der Waals surface area contributed by atoms with E-state index in [0.717, 1.165) is 0 Å². The number of benzene rings is 1. The van der Waals surface area contributed by atoms with Crippen molar-refractivity contribution in [2.75, 3.05) is 0 Å². The Kier molecular flexibility index (Phi) is 2.66. The van der Waals surface area contributed by atoms with Gasteiger partial charge in [0.15, 0.2) is 0 Å². The van der Waals surface area contributed by atoms with Gasteiger partial charge < -0.3 is 5.32 Å². The lowest BCUT2D eigenvalue weighted by atomic mass is 10.1. The zero-order chi connectivity index (χ0) is 8.27. The van der Waals surface area contributed by atoms with Crippen LogP contribution < -0.4 is 5.32 Å². The van der Waals surface area contributed by atoms with Gasteiger partial charge in [-0.25, -0.2) is 0 Å². The molecule has 0 aliphatic carbocycles. The van der Waals surface area contributed by atoms with Gasteiger partial charge in [-0.3, -0.25) is 0 Å². The first-order chi connectivity index (χ1) is 5.24. The molecule has 0 saturated heterocycles. The first-order valence-corrected chi connectivity index (χ1v) is 3.93. The van der Waals surface area contributed by atoms with E-state index < -0.39 is 0 Å². The van der Waals surface area contributed by atoms with Crippen molar-refractivity contribution in [2.24, 2.45) is 0 Å². The predicted octanol–water partition coefficient (Wildman–Crippen LogP) is 1.41. The minimum atomic E-state index is 0.468. The molecular formula is C10H15N. The standard InChI is InChI=1S/C10H15N/c1-8-4-6-10(7-5-8)9(2)11-3/h4-7,9H,3,11H2,1-2H3/t9-/m1/s1. The Hall–Kier alpha value is -0.820. The third-order valence-electron chi connectivity index (χ3n) is 1.96. The smallest absolute Gasteiger partial charge is 0.0848 e. The van der Waals surface area contributed by atoms with E-state index in [1.165, 1.54) is 11.1 Å². The minimum Gasteiger partial charge on any atom is -0.473 e. The first-order valence-electron chi connectivity index (χ1n) is 3.93. The average Bonchev–Trinajstić information content (AvgIpc) is 2.05. The van der Waals surface area contributed by atoms with Crippen molar-refractivity contribution in [1.82, 2.24) is 0 Å². The molecule has 0 unspecified atom stereocenters. The summed E-state index contributed by atoms with van der Waals surface area (Å²) < 4.78 is 0. The molecule has 0 heterocycles. The lowest BCUT2D eigenvalue weighted by Crippen LogP contribution is -2.77. The second kappa shape index (κ2) is 3.54. The topological polar surface area (TPSA) is 16.6 Å². The maximum atomic E-state index is 3.76. The van der Waals surface area contributed by atoms with Crippen molar-refractivity contribution >= 4 is 0 Å². The second-order valence-electron chi connectivity index (χ2n) is 2.94. The van der Waals surface area contributed by atoms with Gasteiger partial charge in [-0.15, -0.1) is 0 Å². The molecule has 0 radical (unpaired) electrons. The van der Waals surface area contributed by atoms with Crippen LogP contribution in [0.5, 0.6) is 0 Å². The number of hydrogen-bond acceptors (Lipinski definition) is 0. The molecule has 1 nitrogen and oxygen atoms in total. The van der Waals surface area contributed by atoms with Gasteiger partial charge in [-0.2, -0.15) is 7.05 Å². The van der Waals surface area contributed by atoms with Crippen LogP contribution in [-0.4, -0.2) is 0 Å². The summed E-state index contributed by atoms with van der Waals surface area (Å²) in [5, 5.41) is 1.96. The maximum absolute atomic E-state index is 3.76. The molecule has 1 aromatic carbocycles. The van der Waals surface area contributed by atoms with E-state index >= 15 is 0 Å². The van der Waals surface area contributed by atoms with Gasteiger partial charge in [-0.1, -0.05) is 29.8 Å². The van der Waals surface area contributed by atoms with Crippen LogP contribution in [0.1, 0.15) is 24.1 Å². The third-order valence-corrected chi connectivity index (χ3v) is 1.96. The van der Waals surface area contributed by atoms with Crippen LogP contribution in [0.25, 0.3) is 0 Å². The number of quaternary nitrogens is 1. The van der Waals surface area contributed by atoms with Crippen molar-refractivity contribution in [3.8, 4) is 0 Å². The van der Waals surface area contributed by atoms with Gasteiger partial charge in [0.1, 0.15) is 0 Å². The van der Waals surface area contributed by atoms with E-state index in [-0.39, 0.29) is 0 Å². The van der Waals surface area contributed by atoms with Gasteiger partial charge in [0.25, 0.3) is 0 Å². The fourth-order valence-corrected chi connectivity index (χ4v) is 1.01. The van der Waals surface area contributed by atoms with Crippen molar-refractivity contribution in [2.45, 2.75) is 19.9 Å². The number of nitrogens with two attached hydrogens (primary N) is 1. The highest BCUT2D eigenvalue weighted by molar-refractivity contribution is 5.22. The summed E-state index contributed by atoms with van der Waals surface area (Å²) in [7, 11) is 3.76. The SMILES string of the molecule is [CH2-][NH2+][C@H](C)c1ccc(C)cc1. The number of rotatable bonds is 2. The van der Waals surface area contributed by atoms with Gasteiger partial charge in [-0.05, 0) is 13.8 Å². The van der Waals surface area contributed by atoms with E-state index in [1.807, 2.05) is 5.32 Å². The molecule has 0 spiro atoms. The maximum Gasteiger partial charge on any atom is 0.0848 e. The molecule has 0 aliphatic rings. The van der Waals surface area contributed by atoms with Crippen LogP contribution in [0, 0.1) is 14.0 Å². The molecule has 60 valence electrons. The molecule has 1 rings (SSSR count). The highest BCUT2D eigenvalue weighted by atomic mass is 14.8. The van der Waals surface area contributed by atoms with Gasteiger partial charge in [0, 0.05) is 5.56 Å². The fourth-order valence-electron chi connectivity index (χ4n) is 1.01. The Morgan fingerprint density at radius 2 is 1.82 bits per heavy atom. The Morgan fingerprint density at radius 3 is 2.27 bits per heavy atom. The zero-order valence-electron chi connectivity index (χ0n) is 7.17. The Morgan fingerprint density at radius 1 is 1.27 bits per heavy atom. The van der Waals surface area contributed by atoms with Crippen molar-refractivity contribution in [3.63, 3.8) is 0 Å². The van der Waals surface area contributed by atoms with E-state index in [9.17, 15) is 0 Å². The lowest BCUT2D eigenvalue weighted by Gasteiger charge is -2.10. The largest absolute Gasteiger partial charge is 0.473 e. The zero-order valence-corrected chi connectivity index (χ0v) is 7.17. The molecule has 1 atom stereocenters. The van der Waals surface area contributed by atoms with Crippen molar-refractivity contribution in [3.05, 3.63) is 42.4 Å². The van der Waals surface area contributed by atoms with Crippen LogP contribution in [0.4, 0.5) is 0 Å². The highest BCUT2D eigenvalue weighted by Crippen LogP contribution is 2.08. The fraction of sp³-hybridized carbons (Fsp3) is 0.300. The second-order valence-corrected chi connectivity index (χ2v) is 2.94. The number of hydrogen-bond donors (Lipinski definition) is 1.